The molecule has 146 valence electrons. The van der Waals surface area contributed by atoms with Gasteiger partial charge < -0.3 is 20.5 Å². The summed E-state index contributed by atoms with van der Waals surface area (Å²) in [6, 6.07) is 25.7. The molecule has 3 rings (SSSR count). The average Bonchev–Trinajstić information content (AvgIpc) is 2.72. The van der Waals surface area contributed by atoms with Gasteiger partial charge in [-0.25, -0.2) is 4.99 Å². The molecule has 0 spiro atoms. The lowest BCUT2D eigenvalue weighted by molar-refractivity contribution is 0.330. The summed E-state index contributed by atoms with van der Waals surface area (Å²) in [5.74, 6) is 1.86. The largest absolute Gasteiger partial charge is 0.495 e. The molecule has 0 heterocycles. The zero-order valence-electron chi connectivity index (χ0n) is 15.7. The fourth-order valence-electron chi connectivity index (χ4n) is 2.70. The van der Waals surface area contributed by atoms with Gasteiger partial charge in [0.2, 0.25) is 0 Å². The van der Waals surface area contributed by atoms with Crippen LogP contribution in [0.3, 0.4) is 0 Å². The third-order valence-corrected chi connectivity index (χ3v) is 3.97. The fourth-order valence-corrected chi connectivity index (χ4v) is 2.70. The first kappa shape index (κ1) is 21.6. The van der Waals surface area contributed by atoms with E-state index in [9.17, 15) is 0 Å². The Morgan fingerprint density at radius 2 is 1.54 bits per heavy atom. The molecule has 6 heteroatoms. The fraction of sp³-hybridized carbons (Fsp3) is 0.136. The van der Waals surface area contributed by atoms with Gasteiger partial charge in [0.15, 0.2) is 5.96 Å². The molecular weight excluding hydrogens is 465 g/mol. The standard InChI is InChI=1S/C22H23N3O2.HI/c1-26-21-14-8-6-12-19(21)25-22(23)24-15-16-27-20-13-7-5-11-18(20)17-9-3-2-4-10-17;/h2-14H,15-16H2,1H3,(H3,23,24,25);1H. The Morgan fingerprint density at radius 1 is 0.893 bits per heavy atom. The van der Waals surface area contributed by atoms with Crippen LogP contribution in [0.4, 0.5) is 5.69 Å². The van der Waals surface area contributed by atoms with Crippen molar-refractivity contribution in [3.63, 3.8) is 0 Å². The molecule has 0 aromatic heterocycles. The lowest BCUT2D eigenvalue weighted by atomic mass is 10.1. The van der Waals surface area contributed by atoms with Crippen molar-refractivity contribution < 1.29 is 9.47 Å². The molecule has 3 aromatic carbocycles. The zero-order valence-corrected chi connectivity index (χ0v) is 18.0. The smallest absolute Gasteiger partial charge is 0.193 e. The number of hydrogen-bond acceptors (Lipinski definition) is 3. The van der Waals surface area contributed by atoms with Crippen LogP contribution >= 0.6 is 24.0 Å². The Labute approximate surface area is 182 Å². The minimum atomic E-state index is 0. The second-order valence-corrected chi connectivity index (χ2v) is 5.80. The van der Waals surface area contributed by atoms with Crippen LogP contribution in [-0.2, 0) is 0 Å². The summed E-state index contributed by atoms with van der Waals surface area (Å²) in [4.78, 5) is 4.32. The van der Waals surface area contributed by atoms with Crippen molar-refractivity contribution >= 4 is 35.6 Å². The van der Waals surface area contributed by atoms with Gasteiger partial charge in [-0.3, -0.25) is 0 Å². The predicted octanol–water partition coefficient (Wildman–Crippen LogP) is 4.79. The maximum absolute atomic E-state index is 5.96. The van der Waals surface area contributed by atoms with Crippen LogP contribution < -0.4 is 20.5 Å². The van der Waals surface area contributed by atoms with E-state index in [1.807, 2.05) is 66.7 Å². The Morgan fingerprint density at radius 3 is 2.29 bits per heavy atom. The minimum absolute atomic E-state index is 0. The van der Waals surface area contributed by atoms with Crippen LogP contribution in [0.1, 0.15) is 0 Å². The van der Waals surface area contributed by atoms with E-state index in [1.54, 1.807) is 7.11 Å². The molecule has 0 aliphatic carbocycles. The lowest BCUT2D eigenvalue weighted by Crippen LogP contribution is -2.23. The summed E-state index contributed by atoms with van der Waals surface area (Å²) in [6.45, 7) is 0.870. The molecule has 0 amide bonds. The van der Waals surface area contributed by atoms with E-state index in [-0.39, 0.29) is 24.0 Å². The van der Waals surface area contributed by atoms with Crippen LogP contribution in [-0.4, -0.2) is 26.2 Å². The number of nitrogens with zero attached hydrogens (tertiary/aromatic N) is 1. The molecule has 0 aliphatic rings. The second-order valence-electron chi connectivity index (χ2n) is 5.80. The van der Waals surface area contributed by atoms with Gasteiger partial charge in [0, 0.05) is 5.56 Å². The Hall–Kier alpha value is -2.74. The first-order valence-electron chi connectivity index (χ1n) is 8.75. The van der Waals surface area contributed by atoms with Gasteiger partial charge in [0.1, 0.15) is 18.1 Å². The van der Waals surface area contributed by atoms with Gasteiger partial charge in [-0.2, -0.15) is 0 Å². The van der Waals surface area contributed by atoms with Gasteiger partial charge in [-0.1, -0.05) is 60.7 Å². The van der Waals surface area contributed by atoms with Crippen molar-refractivity contribution in [3.05, 3.63) is 78.9 Å². The number of hydrogen-bond donors (Lipinski definition) is 2. The highest BCUT2D eigenvalue weighted by Crippen LogP contribution is 2.29. The van der Waals surface area contributed by atoms with Crippen molar-refractivity contribution in [2.24, 2.45) is 10.7 Å². The maximum Gasteiger partial charge on any atom is 0.193 e. The number of nitrogens with one attached hydrogen (secondary N) is 1. The molecular formula is C22H24IN3O2. The molecule has 0 atom stereocenters. The van der Waals surface area contributed by atoms with Crippen LogP contribution in [0.2, 0.25) is 0 Å². The highest BCUT2D eigenvalue weighted by Gasteiger charge is 2.05. The Bertz CT molecular complexity index is 901. The van der Waals surface area contributed by atoms with Crippen molar-refractivity contribution in [1.82, 2.24) is 0 Å². The van der Waals surface area contributed by atoms with Crippen molar-refractivity contribution in [2.75, 3.05) is 25.6 Å². The molecule has 0 fully saturated rings. The summed E-state index contributed by atoms with van der Waals surface area (Å²) in [5.41, 5.74) is 8.91. The normalized spacial score (nSPS) is 10.7. The molecule has 0 saturated heterocycles. The number of benzene rings is 3. The minimum Gasteiger partial charge on any atom is -0.495 e. The van der Waals surface area contributed by atoms with E-state index < -0.39 is 0 Å². The molecule has 0 saturated carbocycles. The molecule has 3 aromatic rings. The highest BCUT2D eigenvalue weighted by molar-refractivity contribution is 14.0. The van der Waals surface area contributed by atoms with Crippen LogP contribution in [0.25, 0.3) is 11.1 Å². The van der Waals surface area contributed by atoms with E-state index in [2.05, 4.69) is 22.4 Å². The number of ether oxygens (including phenoxy) is 2. The average molecular weight is 489 g/mol. The molecule has 0 bridgehead atoms. The molecule has 28 heavy (non-hydrogen) atoms. The number of aliphatic imine (C=N–C) groups is 1. The second kappa shape index (κ2) is 11.2. The zero-order chi connectivity index (χ0) is 18.9. The van der Waals surface area contributed by atoms with E-state index in [1.165, 1.54) is 0 Å². The number of rotatable bonds is 7. The summed E-state index contributed by atoms with van der Waals surface area (Å²) < 4.78 is 11.2. The number of halogens is 1. The lowest BCUT2D eigenvalue weighted by Gasteiger charge is -2.12. The third kappa shape index (κ3) is 5.88. The summed E-state index contributed by atoms with van der Waals surface area (Å²) in [6.07, 6.45) is 0. The van der Waals surface area contributed by atoms with E-state index in [0.717, 1.165) is 22.6 Å². The van der Waals surface area contributed by atoms with Gasteiger partial charge in [-0.05, 0) is 23.8 Å². The van der Waals surface area contributed by atoms with E-state index in [0.29, 0.717) is 24.9 Å². The number of methoxy groups -OCH3 is 1. The molecule has 0 aliphatic heterocycles. The molecule has 0 radical (unpaired) electrons. The van der Waals surface area contributed by atoms with E-state index >= 15 is 0 Å². The number of guanidine groups is 1. The van der Waals surface area contributed by atoms with Crippen molar-refractivity contribution in [3.8, 4) is 22.6 Å². The predicted molar refractivity (Wildman–Crippen MR) is 126 cm³/mol. The van der Waals surface area contributed by atoms with Gasteiger partial charge >= 0.3 is 0 Å². The SMILES string of the molecule is COc1ccccc1NC(N)=NCCOc1ccccc1-c1ccccc1.I. The molecule has 5 nitrogen and oxygen atoms in total. The highest BCUT2D eigenvalue weighted by atomic mass is 127. The quantitative estimate of drug-likeness (QED) is 0.217. The van der Waals surface area contributed by atoms with Gasteiger partial charge in [0.25, 0.3) is 0 Å². The first-order chi connectivity index (χ1) is 13.3. The van der Waals surface area contributed by atoms with Crippen molar-refractivity contribution in [2.45, 2.75) is 0 Å². The monoisotopic (exact) mass is 489 g/mol. The van der Waals surface area contributed by atoms with E-state index in [4.69, 9.17) is 15.2 Å². The summed E-state index contributed by atoms with van der Waals surface area (Å²) in [7, 11) is 1.62. The molecule has 3 N–H and O–H groups in total. The van der Waals surface area contributed by atoms with Crippen LogP contribution in [0, 0.1) is 0 Å². The van der Waals surface area contributed by atoms with Gasteiger partial charge in [-0.15, -0.1) is 24.0 Å². The third-order valence-electron chi connectivity index (χ3n) is 3.97. The first-order valence-corrected chi connectivity index (χ1v) is 8.75. The summed E-state index contributed by atoms with van der Waals surface area (Å²) in [5, 5.41) is 3.04. The van der Waals surface area contributed by atoms with Crippen molar-refractivity contribution in [1.29, 1.82) is 0 Å². The number of nitrogens with two attached hydrogens (primary N) is 1. The maximum atomic E-state index is 5.96. The Kier molecular flexibility index (Phi) is 8.61. The van der Waals surface area contributed by atoms with Crippen LogP contribution in [0.5, 0.6) is 11.5 Å². The van der Waals surface area contributed by atoms with Crippen LogP contribution in [0.15, 0.2) is 83.9 Å². The topological polar surface area (TPSA) is 68.9 Å². The summed E-state index contributed by atoms with van der Waals surface area (Å²) >= 11 is 0. The molecule has 0 unspecified atom stereocenters. The van der Waals surface area contributed by atoms with Gasteiger partial charge in [0.05, 0.1) is 19.3 Å². The number of para-hydroxylation sites is 3. The number of anilines is 1. The Balaban J connectivity index is 0.00000280.